The Morgan fingerprint density at radius 3 is 2.47 bits per heavy atom. The van der Waals surface area contributed by atoms with E-state index in [2.05, 4.69) is 21.4 Å². The molecule has 9 nitrogen and oxygen atoms in total. The van der Waals surface area contributed by atoms with Crippen LogP contribution in [-0.2, 0) is 0 Å². The van der Waals surface area contributed by atoms with Gasteiger partial charge in [-0.05, 0) is 68.9 Å². The van der Waals surface area contributed by atoms with Crippen LogP contribution in [0.3, 0.4) is 0 Å². The summed E-state index contributed by atoms with van der Waals surface area (Å²) < 4.78 is 8.03. The molecule has 0 spiro atoms. The van der Waals surface area contributed by atoms with Crippen molar-refractivity contribution in [3.63, 3.8) is 0 Å². The fraction of sp³-hybridized carbons (Fsp3) is 0.435. The number of nitrogens with zero attached hydrogens (tertiary/aromatic N) is 6. The molecule has 2 aliphatic rings. The van der Waals surface area contributed by atoms with Gasteiger partial charge in [-0.3, -0.25) is 5.41 Å². The Balaban J connectivity index is 1.46. The molecule has 1 aromatic carbocycles. The number of likely N-dealkylation sites (tertiary alicyclic amines) is 1. The first-order valence-corrected chi connectivity index (χ1v) is 11.1. The van der Waals surface area contributed by atoms with Gasteiger partial charge >= 0.3 is 6.01 Å². The Morgan fingerprint density at radius 1 is 1.09 bits per heavy atom. The summed E-state index contributed by atoms with van der Waals surface area (Å²) in [4.78, 5) is 11.0. The smallest absolute Gasteiger partial charge is 0.322 e. The number of benzene rings is 1. The van der Waals surface area contributed by atoms with Crippen molar-refractivity contribution in [2.24, 2.45) is 5.73 Å². The van der Waals surface area contributed by atoms with Crippen LogP contribution in [0.4, 0.5) is 0 Å². The van der Waals surface area contributed by atoms with E-state index in [1.165, 1.54) is 0 Å². The van der Waals surface area contributed by atoms with Crippen LogP contribution in [0.5, 0.6) is 11.8 Å². The highest BCUT2D eigenvalue weighted by molar-refractivity contribution is 5.74. The van der Waals surface area contributed by atoms with Crippen LogP contribution in [0.2, 0.25) is 0 Å². The summed E-state index contributed by atoms with van der Waals surface area (Å²) in [7, 11) is 0. The monoisotopic (exact) mass is 432 g/mol. The van der Waals surface area contributed by atoms with Gasteiger partial charge in [-0.15, -0.1) is 5.10 Å². The number of piperidine rings is 1. The van der Waals surface area contributed by atoms with Crippen LogP contribution in [0.15, 0.2) is 30.5 Å². The van der Waals surface area contributed by atoms with E-state index in [9.17, 15) is 0 Å². The third kappa shape index (κ3) is 4.15. The molecule has 1 aliphatic carbocycles. The molecule has 2 fully saturated rings. The molecule has 3 aromatic rings. The second-order valence-corrected chi connectivity index (χ2v) is 8.80. The number of rotatable bonds is 5. The lowest BCUT2D eigenvalue weighted by atomic mass is 10.0. The lowest BCUT2D eigenvalue weighted by Crippen LogP contribution is -2.42. The van der Waals surface area contributed by atoms with E-state index in [1.54, 1.807) is 6.20 Å². The van der Waals surface area contributed by atoms with E-state index < -0.39 is 0 Å². The standard InChI is InChI=1S/C23H28N8O/c1-14-11-15(2)13-18(12-14)32-23-26-8-5-19(27-23)21-20(16-3-4-16)28-29-31(21)17-6-9-30(10-7-17)22(24)25/h5,8,11-13,16-17H,3-4,6-7,9-10H2,1-2H3,(H3,24,25). The first-order valence-electron chi connectivity index (χ1n) is 11.1. The molecular weight excluding hydrogens is 404 g/mol. The van der Waals surface area contributed by atoms with Gasteiger partial charge < -0.3 is 15.4 Å². The second-order valence-electron chi connectivity index (χ2n) is 8.80. The number of hydrogen-bond acceptors (Lipinski definition) is 6. The minimum atomic E-state index is 0.130. The highest BCUT2D eigenvalue weighted by atomic mass is 16.5. The molecule has 1 aliphatic heterocycles. The van der Waals surface area contributed by atoms with Crippen molar-refractivity contribution in [2.75, 3.05) is 13.1 Å². The molecule has 0 amide bonds. The summed E-state index contributed by atoms with van der Waals surface area (Å²) >= 11 is 0. The van der Waals surface area contributed by atoms with Crippen molar-refractivity contribution in [1.82, 2.24) is 29.9 Å². The molecule has 5 rings (SSSR count). The number of aromatic nitrogens is 5. The normalized spacial score (nSPS) is 16.9. The number of ether oxygens (including phenoxy) is 1. The molecule has 1 saturated carbocycles. The second kappa shape index (κ2) is 8.22. The highest BCUT2D eigenvalue weighted by Gasteiger charge is 2.34. The summed E-state index contributed by atoms with van der Waals surface area (Å²) in [5.74, 6) is 1.30. The van der Waals surface area contributed by atoms with Gasteiger partial charge in [0.25, 0.3) is 0 Å². The lowest BCUT2D eigenvalue weighted by Gasteiger charge is -2.32. The fourth-order valence-corrected chi connectivity index (χ4v) is 4.41. The quantitative estimate of drug-likeness (QED) is 0.467. The van der Waals surface area contributed by atoms with Crippen molar-refractivity contribution in [3.8, 4) is 23.1 Å². The predicted molar refractivity (Wildman–Crippen MR) is 121 cm³/mol. The van der Waals surface area contributed by atoms with Crippen molar-refractivity contribution >= 4 is 5.96 Å². The minimum Gasteiger partial charge on any atom is -0.424 e. The Bertz CT molecular complexity index is 1120. The molecule has 9 heteroatoms. The Morgan fingerprint density at radius 2 is 1.81 bits per heavy atom. The van der Waals surface area contributed by atoms with Crippen LogP contribution in [-0.4, -0.2) is 48.9 Å². The van der Waals surface area contributed by atoms with Gasteiger partial charge in [0.2, 0.25) is 0 Å². The average Bonchev–Trinajstić information content (AvgIpc) is 3.51. The Kier molecular flexibility index (Phi) is 5.24. The molecule has 32 heavy (non-hydrogen) atoms. The minimum absolute atomic E-state index is 0.130. The van der Waals surface area contributed by atoms with Gasteiger partial charge in [0.15, 0.2) is 5.96 Å². The van der Waals surface area contributed by atoms with Crippen LogP contribution in [0, 0.1) is 19.3 Å². The van der Waals surface area contributed by atoms with E-state index in [0.717, 1.165) is 72.7 Å². The maximum atomic E-state index is 7.68. The zero-order valence-electron chi connectivity index (χ0n) is 18.5. The maximum Gasteiger partial charge on any atom is 0.322 e. The van der Waals surface area contributed by atoms with Gasteiger partial charge in [-0.1, -0.05) is 11.3 Å². The van der Waals surface area contributed by atoms with E-state index in [0.29, 0.717) is 11.9 Å². The van der Waals surface area contributed by atoms with Gasteiger partial charge in [-0.2, -0.15) is 4.98 Å². The fourth-order valence-electron chi connectivity index (χ4n) is 4.41. The molecular formula is C23H28N8O. The summed E-state index contributed by atoms with van der Waals surface area (Å²) in [5, 5.41) is 16.8. The summed E-state index contributed by atoms with van der Waals surface area (Å²) in [6.45, 7) is 5.56. The topological polar surface area (TPSA) is 119 Å². The van der Waals surface area contributed by atoms with Crippen LogP contribution in [0.25, 0.3) is 11.4 Å². The van der Waals surface area contributed by atoms with Crippen LogP contribution in [0.1, 0.15) is 54.5 Å². The SMILES string of the molecule is Cc1cc(C)cc(Oc2nccc(-c3c(C4CC4)nnn3C3CCN(C(=N)N)CC3)n2)c1. The molecule has 2 aromatic heterocycles. The molecule has 0 unspecified atom stereocenters. The first-order chi connectivity index (χ1) is 15.5. The highest BCUT2D eigenvalue weighted by Crippen LogP contribution is 2.44. The van der Waals surface area contributed by atoms with E-state index in [-0.39, 0.29) is 12.0 Å². The lowest BCUT2D eigenvalue weighted by molar-refractivity contribution is 0.250. The molecule has 3 N–H and O–H groups in total. The van der Waals surface area contributed by atoms with Gasteiger partial charge in [-0.25, -0.2) is 9.67 Å². The maximum absolute atomic E-state index is 7.68. The number of aryl methyl sites for hydroxylation is 2. The third-order valence-corrected chi connectivity index (χ3v) is 6.12. The van der Waals surface area contributed by atoms with E-state index >= 15 is 0 Å². The van der Waals surface area contributed by atoms with E-state index in [1.807, 2.05) is 41.6 Å². The average molecular weight is 433 g/mol. The first kappa shape index (κ1) is 20.4. The van der Waals surface area contributed by atoms with Crippen molar-refractivity contribution in [3.05, 3.63) is 47.3 Å². The van der Waals surface area contributed by atoms with Crippen molar-refractivity contribution < 1.29 is 4.74 Å². The summed E-state index contributed by atoms with van der Waals surface area (Å²) in [5.41, 5.74) is 10.7. The Labute approximate surface area is 187 Å². The predicted octanol–water partition coefficient (Wildman–Crippen LogP) is 3.55. The van der Waals surface area contributed by atoms with Crippen LogP contribution >= 0.6 is 0 Å². The molecule has 0 atom stereocenters. The number of nitrogens with two attached hydrogens (primary N) is 1. The molecule has 0 bridgehead atoms. The summed E-state index contributed by atoms with van der Waals surface area (Å²) in [6, 6.07) is 8.47. The Hall–Kier alpha value is -3.49. The van der Waals surface area contributed by atoms with Crippen LogP contribution < -0.4 is 10.5 Å². The number of nitrogens with one attached hydrogen (secondary N) is 1. The largest absolute Gasteiger partial charge is 0.424 e. The zero-order chi connectivity index (χ0) is 22.2. The summed E-state index contributed by atoms with van der Waals surface area (Å²) in [6.07, 6.45) is 5.71. The number of guanidine groups is 1. The third-order valence-electron chi connectivity index (χ3n) is 6.12. The zero-order valence-corrected chi connectivity index (χ0v) is 18.5. The molecule has 166 valence electrons. The molecule has 3 heterocycles. The molecule has 1 saturated heterocycles. The van der Waals surface area contributed by atoms with E-state index in [4.69, 9.17) is 20.9 Å². The van der Waals surface area contributed by atoms with Gasteiger partial charge in [0, 0.05) is 25.2 Å². The van der Waals surface area contributed by atoms with Crippen molar-refractivity contribution in [2.45, 2.75) is 51.5 Å². The van der Waals surface area contributed by atoms with Gasteiger partial charge in [0.05, 0.1) is 17.4 Å². The van der Waals surface area contributed by atoms with Crippen molar-refractivity contribution in [1.29, 1.82) is 5.41 Å². The van der Waals surface area contributed by atoms with Gasteiger partial charge in [0.1, 0.15) is 11.4 Å². The number of hydrogen-bond donors (Lipinski definition) is 2. The molecule has 0 radical (unpaired) electrons.